The highest BCUT2D eigenvalue weighted by Crippen LogP contribution is 2.41. The zero-order valence-corrected chi connectivity index (χ0v) is 22.6. The number of carbonyl (C=O) groups excluding carboxylic acids is 2. The van der Waals surface area contributed by atoms with Gasteiger partial charge in [-0.25, -0.2) is 0 Å². The van der Waals surface area contributed by atoms with Crippen LogP contribution in [0, 0.1) is 0 Å². The van der Waals surface area contributed by atoms with E-state index in [2.05, 4.69) is 25.3 Å². The van der Waals surface area contributed by atoms with Crippen LogP contribution >= 0.6 is 0 Å². The SMILES string of the molecule is C=CCOc1ccc(C2C(C(=O)/C=C/c3ccccc3)=C(O)C(=O)N2CCCN(CC)CC)cc1OCC. The highest BCUT2D eigenvalue weighted by molar-refractivity contribution is 6.14. The molecule has 1 aliphatic rings. The van der Waals surface area contributed by atoms with E-state index in [9.17, 15) is 14.7 Å². The molecular formula is C31H38N2O5. The van der Waals surface area contributed by atoms with Crippen molar-refractivity contribution in [1.29, 1.82) is 0 Å². The van der Waals surface area contributed by atoms with Crippen LogP contribution in [0.5, 0.6) is 11.5 Å². The molecule has 0 radical (unpaired) electrons. The van der Waals surface area contributed by atoms with Crippen molar-refractivity contribution in [1.82, 2.24) is 9.80 Å². The maximum absolute atomic E-state index is 13.4. The minimum atomic E-state index is -0.750. The second kappa shape index (κ2) is 14.2. The van der Waals surface area contributed by atoms with E-state index in [-0.39, 0.29) is 5.57 Å². The van der Waals surface area contributed by atoms with Gasteiger partial charge in [0.05, 0.1) is 18.2 Å². The van der Waals surface area contributed by atoms with Crippen molar-refractivity contribution in [3.05, 3.63) is 89.7 Å². The van der Waals surface area contributed by atoms with Crippen LogP contribution in [-0.2, 0) is 9.59 Å². The van der Waals surface area contributed by atoms with E-state index in [0.717, 1.165) is 25.2 Å². The molecule has 2 aromatic rings. The summed E-state index contributed by atoms with van der Waals surface area (Å²) in [5.74, 6) is -0.430. The molecule has 1 atom stereocenters. The average molecular weight is 519 g/mol. The molecule has 202 valence electrons. The molecule has 38 heavy (non-hydrogen) atoms. The highest BCUT2D eigenvalue weighted by atomic mass is 16.5. The largest absolute Gasteiger partial charge is 0.503 e. The third-order valence-corrected chi connectivity index (χ3v) is 6.50. The van der Waals surface area contributed by atoms with Gasteiger partial charge in [0.15, 0.2) is 23.0 Å². The molecule has 1 N–H and O–H groups in total. The molecule has 0 saturated carbocycles. The van der Waals surface area contributed by atoms with E-state index < -0.39 is 23.5 Å². The number of ether oxygens (including phenoxy) is 2. The first-order valence-corrected chi connectivity index (χ1v) is 13.2. The zero-order chi connectivity index (χ0) is 27.5. The predicted octanol–water partition coefficient (Wildman–Crippen LogP) is 5.36. The summed E-state index contributed by atoms with van der Waals surface area (Å²) in [7, 11) is 0. The lowest BCUT2D eigenvalue weighted by Gasteiger charge is -2.28. The Morgan fingerprint density at radius 3 is 2.47 bits per heavy atom. The summed E-state index contributed by atoms with van der Waals surface area (Å²) in [5.41, 5.74) is 1.57. The maximum Gasteiger partial charge on any atom is 0.290 e. The van der Waals surface area contributed by atoms with Gasteiger partial charge in [0.2, 0.25) is 0 Å². The first-order chi connectivity index (χ1) is 18.4. The van der Waals surface area contributed by atoms with Gasteiger partial charge in [0.1, 0.15) is 6.61 Å². The molecule has 0 saturated heterocycles. The van der Waals surface area contributed by atoms with Crippen LogP contribution in [0.2, 0.25) is 0 Å². The Morgan fingerprint density at radius 1 is 1.08 bits per heavy atom. The molecule has 0 aromatic heterocycles. The molecule has 7 nitrogen and oxygen atoms in total. The fourth-order valence-corrected chi connectivity index (χ4v) is 4.54. The van der Waals surface area contributed by atoms with E-state index >= 15 is 0 Å². The molecule has 0 fully saturated rings. The number of carbonyl (C=O) groups is 2. The summed E-state index contributed by atoms with van der Waals surface area (Å²) in [6.45, 7) is 13.5. The molecule has 1 unspecified atom stereocenters. The topological polar surface area (TPSA) is 79.3 Å². The van der Waals surface area contributed by atoms with Gasteiger partial charge in [-0.1, -0.05) is 69.0 Å². The maximum atomic E-state index is 13.4. The first-order valence-electron chi connectivity index (χ1n) is 13.2. The number of rotatable bonds is 15. The minimum Gasteiger partial charge on any atom is -0.503 e. The number of aliphatic hydroxyl groups excluding tert-OH is 1. The molecule has 0 aliphatic carbocycles. The molecule has 2 aromatic carbocycles. The number of hydrogen-bond donors (Lipinski definition) is 1. The second-order valence-corrected chi connectivity index (χ2v) is 8.89. The molecule has 1 aliphatic heterocycles. The Hall–Kier alpha value is -3.84. The van der Waals surface area contributed by atoms with Crippen LogP contribution in [0.25, 0.3) is 6.08 Å². The Labute approximate surface area is 225 Å². The molecule has 3 rings (SSSR count). The molecule has 1 heterocycles. The highest BCUT2D eigenvalue weighted by Gasteiger charge is 2.42. The van der Waals surface area contributed by atoms with Gasteiger partial charge in [-0.3, -0.25) is 9.59 Å². The lowest BCUT2D eigenvalue weighted by Crippen LogP contribution is -2.34. The third kappa shape index (κ3) is 6.92. The minimum absolute atomic E-state index is 0.0622. The lowest BCUT2D eigenvalue weighted by molar-refractivity contribution is -0.129. The number of benzene rings is 2. The molecule has 7 heteroatoms. The zero-order valence-electron chi connectivity index (χ0n) is 22.6. The van der Waals surface area contributed by atoms with Gasteiger partial charge in [0.25, 0.3) is 5.91 Å². The average Bonchev–Trinajstić information content (AvgIpc) is 3.19. The van der Waals surface area contributed by atoms with Crippen LogP contribution in [0.4, 0.5) is 0 Å². The molecule has 1 amide bonds. The number of nitrogens with zero attached hydrogens (tertiary/aromatic N) is 2. The number of aliphatic hydroxyl groups is 1. The number of ketones is 1. The number of amides is 1. The fourth-order valence-electron chi connectivity index (χ4n) is 4.54. The van der Waals surface area contributed by atoms with Gasteiger partial charge in [-0.15, -0.1) is 0 Å². The van der Waals surface area contributed by atoms with Gasteiger partial charge >= 0.3 is 0 Å². The van der Waals surface area contributed by atoms with Crippen LogP contribution in [0.15, 0.2) is 78.6 Å². The van der Waals surface area contributed by atoms with Gasteiger partial charge in [-0.05, 0) is 62.3 Å². The normalized spacial score (nSPS) is 15.5. The Morgan fingerprint density at radius 2 is 1.82 bits per heavy atom. The quantitative estimate of drug-likeness (QED) is 0.253. The van der Waals surface area contributed by atoms with E-state index in [0.29, 0.717) is 43.2 Å². The van der Waals surface area contributed by atoms with Crippen molar-refractivity contribution in [2.75, 3.05) is 39.4 Å². The summed E-state index contributed by atoms with van der Waals surface area (Å²) in [5, 5.41) is 10.9. The van der Waals surface area contributed by atoms with E-state index in [1.807, 2.05) is 43.3 Å². The van der Waals surface area contributed by atoms with Crippen molar-refractivity contribution in [2.45, 2.75) is 33.2 Å². The van der Waals surface area contributed by atoms with E-state index in [1.54, 1.807) is 29.2 Å². The van der Waals surface area contributed by atoms with Crippen molar-refractivity contribution in [2.24, 2.45) is 0 Å². The number of allylic oxidation sites excluding steroid dienone is 1. The van der Waals surface area contributed by atoms with Gasteiger partial charge < -0.3 is 24.4 Å². The summed E-state index contributed by atoms with van der Waals surface area (Å²) in [6, 6.07) is 14.0. The van der Waals surface area contributed by atoms with Crippen molar-refractivity contribution < 1.29 is 24.2 Å². The molecular weight excluding hydrogens is 480 g/mol. The Bertz CT molecular complexity index is 1170. The van der Waals surface area contributed by atoms with E-state index in [1.165, 1.54) is 6.08 Å². The smallest absolute Gasteiger partial charge is 0.290 e. The van der Waals surface area contributed by atoms with Crippen LogP contribution in [-0.4, -0.2) is 66.0 Å². The molecule has 0 bridgehead atoms. The van der Waals surface area contributed by atoms with E-state index in [4.69, 9.17) is 9.47 Å². The number of hydrogen-bond acceptors (Lipinski definition) is 6. The lowest BCUT2D eigenvalue weighted by atomic mass is 9.95. The van der Waals surface area contributed by atoms with Gasteiger partial charge in [0, 0.05) is 6.54 Å². The monoisotopic (exact) mass is 518 g/mol. The Balaban J connectivity index is 1.99. The van der Waals surface area contributed by atoms with Crippen molar-refractivity contribution in [3.63, 3.8) is 0 Å². The summed E-state index contributed by atoms with van der Waals surface area (Å²) >= 11 is 0. The summed E-state index contributed by atoms with van der Waals surface area (Å²) < 4.78 is 11.6. The van der Waals surface area contributed by atoms with Crippen molar-refractivity contribution in [3.8, 4) is 11.5 Å². The third-order valence-electron chi connectivity index (χ3n) is 6.50. The van der Waals surface area contributed by atoms with Crippen LogP contribution in [0.1, 0.15) is 44.4 Å². The van der Waals surface area contributed by atoms with Gasteiger partial charge in [-0.2, -0.15) is 0 Å². The first kappa shape index (κ1) is 28.7. The Kier molecular flexibility index (Phi) is 10.7. The van der Waals surface area contributed by atoms with Crippen molar-refractivity contribution >= 4 is 17.8 Å². The fraction of sp³-hybridized carbons (Fsp3) is 0.355. The molecule has 0 spiro atoms. The standard InChI is InChI=1S/C31H38N2O5/c1-5-21-38-26-18-16-24(22-27(26)37-8-4)29-28(25(34)17-15-23-13-10-9-11-14-23)30(35)31(36)33(29)20-12-19-32(6-2)7-3/h5,9-11,13-18,22,29,35H,1,6-8,12,19-21H2,2-4H3/b17-15+. The predicted molar refractivity (Wildman–Crippen MR) is 150 cm³/mol. The summed E-state index contributed by atoms with van der Waals surface area (Å²) in [6.07, 6.45) is 5.45. The van der Waals surface area contributed by atoms with Crippen LogP contribution < -0.4 is 9.47 Å². The van der Waals surface area contributed by atoms with Crippen LogP contribution in [0.3, 0.4) is 0 Å². The summed E-state index contributed by atoms with van der Waals surface area (Å²) in [4.78, 5) is 30.6. The second-order valence-electron chi connectivity index (χ2n) is 8.89.